The minimum atomic E-state index is -4.26. The Hall–Kier alpha value is -0.780. The van der Waals surface area contributed by atoms with E-state index in [0.29, 0.717) is 6.54 Å². The molecule has 0 spiro atoms. The Balaban J connectivity index is 2.10. The van der Waals surface area contributed by atoms with E-state index in [2.05, 4.69) is 17.6 Å². The fourth-order valence-electron chi connectivity index (χ4n) is 1.89. The van der Waals surface area contributed by atoms with Gasteiger partial charge in [-0.05, 0) is 24.7 Å². The van der Waals surface area contributed by atoms with Gasteiger partial charge in [-0.25, -0.2) is 0 Å². The first-order valence-electron chi connectivity index (χ1n) is 5.91. The quantitative estimate of drug-likeness (QED) is 0.726. The maximum absolute atomic E-state index is 11.8. The second-order valence-electron chi connectivity index (χ2n) is 4.75. The molecule has 0 saturated heterocycles. The average molecular weight is 252 g/mol. The summed E-state index contributed by atoms with van der Waals surface area (Å²) in [6.07, 6.45) is 0.0971. The average Bonchev–Trinajstić information content (AvgIpc) is 2.94. The zero-order valence-corrected chi connectivity index (χ0v) is 9.99. The molecule has 1 saturated carbocycles. The molecule has 3 nitrogen and oxygen atoms in total. The Morgan fingerprint density at radius 3 is 2.47 bits per heavy atom. The number of halogens is 3. The van der Waals surface area contributed by atoms with Gasteiger partial charge < -0.3 is 10.6 Å². The second-order valence-corrected chi connectivity index (χ2v) is 4.75. The summed E-state index contributed by atoms with van der Waals surface area (Å²) in [6, 6.07) is 0. The lowest BCUT2D eigenvalue weighted by atomic mass is 10.0. The first-order valence-corrected chi connectivity index (χ1v) is 5.91. The van der Waals surface area contributed by atoms with Gasteiger partial charge >= 0.3 is 6.18 Å². The maximum Gasteiger partial charge on any atom is 0.401 e. The molecule has 100 valence electrons. The molecule has 0 aromatic heterocycles. The smallest absolute Gasteiger partial charge is 0.354 e. The van der Waals surface area contributed by atoms with Crippen molar-refractivity contribution in [3.8, 4) is 0 Å². The van der Waals surface area contributed by atoms with Gasteiger partial charge in [0.1, 0.15) is 0 Å². The van der Waals surface area contributed by atoms with Gasteiger partial charge in [0.2, 0.25) is 5.91 Å². The highest BCUT2D eigenvalue weighted by atomic mass is 19.4. The van der Waals surface area contributed by atoms with Crippen LogP contribution in [0.25, 0.3) is 0 Å². The topological polar surface area (TPSA) is 41.1 Å². The third kappa shape index (κ3) is 5.91. The lowest BCUT2D eigenvalue weighted by Gasteiger charge is -2.15. The number of hydrogen-bond acceptors (Lipinski definition) is 2. The molecule has 1 aliphatic carbocycles. The van der Waals surface area contributed by atoms with Crippen LogP contribution in [0.3, 0.4) is 0 Å². The van der Waals surface area contributed by atoms with Crippen molar-refractivity contribution < 1.29 is 18.0 Å². The van der Waals surface area contributed by atoms with E-state index in [0.717, 1.165) is 25.7 Å². The van der Waals surface area contributed by atoms with Gasteiger partial charge in [0.25, 0.3) is 0 Å². The second kappa shape index (κ2) is 5.71. The van der Waals surface area contributed by atoms with Crippen molar-refractivity contribution in [1.82, 2.24) is 10.6 Å². The molecule has 0 aromatic carbocycles. The Labute approximate surface area is 99.1 Å². The maximum atomic E-state index is 11.8. The lowest BCUT2D eigenvalue weighted by molar-refractivity contribution is -0.128. The Morgan fingerprint density at radius 1 is 1.35 bits per heavy atom. The molecule has 0 heterocycles. The summed E-state index contributed by atoms with van der Waals surface area (Å²) in [5, 5.41) is 4.76. The molecule has 1 fully saturated rings. The van der Waals surface area contributed by atoms with E-state index in [1.807, 2.05) is 0 Å². The molecule has 1 rings (SSSR count). The molecule has 0 aromatic rings. The molecular weight excluding hydrogens is 233 g/mol. The van der Waals surface area contributed by atoms with Gasteiger partial charge in [0.15, 0.2) is 0 Å². The highest BCUT2D eigenvalue weighted by Crippen LogP contribution is 2.48. The molecule has 0 radical (unpaired) electrons. The van der Waals surface area contributed by atoms with Crippen molar-refractivity contribution in [3.05, 3.63) is 0 Å². The van der Waals surface area contributed by atoms with Crippen LogP contribution in [0.15, 0.2) is 0 Å². The molecular formula is C11H19F3N2O. The zero-order chi connectivity index (χ0) is 12.9. The first kappa shape index (κ1) is 14.3. The van der Waals surface area contributed by atoms with Crippen molar-refractivity contribution in [3.63, 3.8) is 0 Å². The predicted octanol–water partition coefficient (Wildman–Crippen LogP) is 1.83. The van der Waals surface area contributed by atoms with Crippen molar-refractivity contribution in [2.24, 2.45) is 5.41 Å². The fourth-order valence-corrected chi connectivity index (χ4v) is 1.89. The van der Waals surface area contributed by atoms with E-state index in [9.17, 15) is 18.0 Å². The van der Waals surface area contributed by atoms with Crippen LogP contribution in [0.5, 0.6) is 0 Å². The number of carbonyl (C=O) groups is 1. The van der Waals surface area contributed by atoms with Crippen molar-refractivity contribution in [1.29, 1.82) is 0 Å². The third-order valence-electron chi connectivity index (χ3n) is 3.01. The third-order valence-corrected chi connectivity index (χ3v) is 3.01. The number of amides is 1. The van der Waals surface area contributed by atoms with E-state index in [4.69, 9.17) is 0 Å². The Kier molecular flexibility index (Phi) is 4.80. The van der Waals surface area contributed by atoms with E-state index < -0.39 is 12.7 Å². The molecule has 2 N–H and O–H groups in total. The molecule has 1 amide bonds. The Bertz CT molecular complexity index is 262. The van der Waals surface area contributed by atoms with E-state index in [1.54, 1.807) is 0 Å². The SMILES string of the molecule is CCCC1(CNC(=O)CNCC(F)(F)F)CC1. The van der Waals surface area contributed by atoms with Crippen LogP contribution in [0.4, 0.5) is 13.2 Å². The summed E-state index contributed by atoms with van der Waals surface area (Å²) in [5.74, 6) is -0.364. The molecule has 0 atom stereocenters. The minimum absolute atomic E-state index is 0.231. The summed E-state index contributed by atoms with van der Waals surface area (Å²) in [4.78, 5) is 11.3. The van der Waals surface area contributed by atoms with Crippen LogP contribution < -0.4 is 10.6 Å². The van der Waals surface area contributed by atoms with E-state index in [-0.39, 0.29) is 17.9 Å². The molecule has 0 unspecified atom stereocenters. The van der Waals surface area contributed by atoms with Crippen LogP contribution in [-0.2, 0) is 4.79 Å². The van der Waals surface area contributed by atoms with Crippen LogP contribution in [0.2, 0.25) is 0 Å². The standard InChI is InChI=1S/C11H19F3N2O/c1-2-3-10(4-5-10)7-16-9(17)6-15-8-11(12,13)14/h15H,2-8H2,1H3,(H,16,17). The van der Waals surface area contributed by atoms with Gasteiger partial charge in [-0.1, -0.05) is 13.3 Å². The van der Waals surface area contributed by atoms with Crippen LogP contribution >= 0.6 is 0 Å². The summed E-state index contributed by atoms with van der Waals surface area (Å²) < 4.78 is 35.4. The summed E-state index contributed by atoms with van der Waals surface area (Å²) in [6.45, 7) is 1.28. The van der Waals surface area contributed by atoms with E-state index >= 15 is 0 Å². The fraction of sp³-hybridized carbons (Fsp3) is 0.909. The molecule has 1 aliphatic rings. The molecule has 17 heavy (non-hydrogen) atoms. The van der Waals surface area contributed by atoms with Crippen LogP contribution in [0, 0.1) is 5.41 Å². The zero-order valence-electron chi connectivity index (χ0n) is 9.99. The van der Waals surface area contributed by atoms with Crippen molar-refractivity contribution >= 4 is 5.91 Å². The van der Waals surface area contributed by atoms with Crippen LogP contribution in [-0.4, -0.2) is 31.7 Å². The molecule has 0 aliphatic heterocycles. The molecule has 0 bridgehead atoms. The van der Waals surface area contributed by atoms with Gasteiger partial charge in [-0.15, -0.1) is 0 Å². The van der Waals surface area contributed by atoms with Crippen LogP contribution in [0.1, 0.15) is 32.6 Å². The molecule has 6 heteroatoms. The van der Waals surface area contributed by atoms with Crippen molar-refractivity contribution in [2.45, 2.75) is 38.8 Å². The van der Waals surface area contributed by atoms with Crippen molar-refractivity contribution in [2.75, 3.05) is 19.6 Å². The highest BCUT2D eigenvalue weighted by Gasteiger charge is 2.41. The summed E-state index contributed by atoms with van der Waals surface area (Å²) in [7, 11) is 0. The number of nitrogens with one attached hydrogen (secondary N) is 2. The number of rotatable bonds is 7. The predicted molar refractivity (Wildman–Crippen MR) is 58.5 cm³/mol. The van der Waals surface area contributed by atoms with Gasteiger partial charge in [0, 0.05) is 6.54 Å². The number of hydrogen-bond donors (Lipinski definition) is 2. The normalized spacial score (nSPS) is 17.9. The highest BCUT2D eigenvalue weighted by molar-refractivity contribution is 5.78. The summed E-state index contributed by atoms with van der Waals surface area (Å²) in [5.41, 5.74) is 0.231. The number of carbonyl (C=O) groups excluding carboxylic acids is 1. The summed E-state index contributed by atoms with van der Waals surface area (Å²) >= 11 is 0. The minimum Gasteiger partial charge on any atom is -0.354 e. The Morgan fingerprint density at radius 2 is 2.00 bits per heavy atom. The van der Waals surface area contributed by atoms with E-state index in [1.165, 1.54) is 0 Å². The first-order chi connectivity index (χ1) is 7.87. The van der Waals surface area contributed by atoms with Gasteiger partial charge in [-0.3, -0.25) is 4.79 Å². The largest absolute Gasteiger partial charge is 0.401 e. The number of alkyl halides is 3. The lowest BCUT2D eigenvalue weighted by Crippen LogP contribution is -2.40. The van der Waals surface area contributed by atoms with Gasteiger partial charge in [0.05, 0.1) is 13.1 Å². The monoisotopic (exact) mass is 252 g/mol. The van der Waals surface area contributed by atoms with Gasteiger partial charge in [-0.2, -0.15) is 13.2 Å².